The monoisotopic (exact) mass is 703 g/mol. The number of fused-ring (bicyclic) bond motifs is 9. The molecule has 0 saturated carbocycles. The van der Waals surface area contributed by atoms with E-state index in [9.17, 15) is 0 Å². The highest BCUT2D eigenvalue weighted by atomic mass is 16.3. The van der Waals surface area contributed by atoms with Gasteiger partial charge in [-0.05, 0) is 115 Å². The standard InChI is InChI=1S/C53H37NO/c1-53(2)46-17-7-5-15-43(46)52-47(53)18-10-19-48(52)54(42-14-9-13-38(32-42)39-23-21-34-11-3-4-12-37(34)31-39)41-28-25-35(26-29-41)40-24-22-36-27-30-50-51(45(36)33-40)44-16-6-8-20-49(44)55-50/h3-33H,1-2H3. The van der Waals surface area contributed by atoms with Crippen LogP contribution in [0.25, 0.3) is 76.9 Å². The van der Waals surface area contributed by atoms with Crippen molar-refractivity contribution < 1.29 is 4.42 Å². The molecule has 0 atom stereocenters. The van der Waals surface area contributed by atoms with Crippen LogP contribution >= 0.6 is 0 Å². The van der Waals surface area contributed by atoms with Crippen molar-refractivity contribution in [2.24, 2.45) is 0 Å². The molecule has 2 nitrogen and oxygen atoms in total. The number of anilines is 3. The lowest BCUT2D eigenvalue weighted by atomic mass is 9.82. The quantitative estimate of drug-likeness (QED) is 0.177. The maximum atomic E-state index is 6.25. The maximum absolute atomic E-state index is 6.25. The van der Waals surface area contributed by atoms with E-state index in [0.717, 1.165) is 27.9 Å². The number of hydrogen-bond acceptors (Lipinski definition) is 2. The van der Waals surface area contributed by atoms with Gasteiger partial charge in [0.25, 0.3) is 0 Å². The number of nitrogens with zero attached hydrogens (tertiary/aromatic N) is 1. The van der Waals surface area contributed by atoms with Gasteiger partial charge in [0.15, 0.2) is 0 Å². The minimum atomic E-state index is -0.105. The predicted octanol–water partition coefficient (Wildman–Crippen LogP) is 15.0. The van der Waals surface area contributed by atoms with Crippen LogP contribution in [0.15, 0.2) is 192 Å². The summed E-state index contributed by atoms with van der Waals surface area (Å²) in [7, 11) is 0. The minimum absolute atomic E-state index is 0.105. The van der Waals surface area contributed by atoms with Crippen molar-refractivity contribution >= 4 is 60.5 Å². The van der Waals surface area contributed by atoms with E-state index in [-0.39, 0.29) is 5.41 Å². The molecule has 55 heavy (non-hydrogen) atoms. The second-order valence-corrected chi connectivity index (χ2v) is 15.3. The van der Waals surface area contributed by atoms with Crippen molar-refractivity contribution in [3.63, 3.8) is 0 Å². The summed E-state index contributed by atoms with van der Waals surface area (Å²) < 4.78 is 6.25. The second kappa shape index (κ2) is 12.1. The van der Waals surface area contributed by atoms with Crippen LogP contribution in [0, 0.1) is 0 Å². The summed E-state index contributed by atoms with van der Waals surface area (Å²) >= 11 is 0. The fraction of sp³-hybridized carbons (Fsp3) is 0.0566. The Labute approximate surface area is 320 Å². The molecule has 0 N–H and O–H groups in total. The Morgan fingerprint density at radius 1 is 0.418 bits per heavy atom. The van der Waals surface area contributed by atoms with E-state index < -0.39 is 0 Å². The van der Waals surface area contributed by atoms with Crippen LogP contribution in [0.3, 0.4) is 0 Å². The molecule has 260 valence electrons. The summed E-state index contributed by atoms with van der Waals surface area (Å²) in [5.74, 6) is 0. The lowest BCUT2D eigenvalue weighted by molar-refractivity contribution is 0.660. The van der Waals surface area contributed by atoms with Gasteiger partial charge in [-0.1, -0.05) is 147 Å². The highest BCUT2D eigenvalue weighted by molar-refractivity contribution is 6.19. The van der Waals surface area contributed by atoms with E-state index in [0.29, 0.717) is 0 Å². The Hall–Kier alpha value is -6.90. The van der Waals surface area contributed by atoms with E-state index in [1.807, 2.05) is 6.07 Å². The van der Waals surface area contributed by atoms with Gasteiger partial charge in [-0.15, -0.1) is 0 Å². The molecule has 1 aromatic heterocycles. The molecule has 0 amide bonds. The Bertz CT molecular complexity index is 3130. The number of benzene rings is 9. The smallest absolute Gasteiger partial charge is 0.136 e. The summed E-state index contributed by atoms with van der Waals surface area (Å²) in [6, 6.07) is 68.6. The van der Waals surface area contributed by atoms with Crippen molar-refractivity contribution in [3.8, 4) is 33.4 Å². The summed E-state index contributed by atoms with van der Waals surface area (Å²) in [5.41, 5.74) is 15.2. The molecular formula is C53H37NO. The first kappa shape index (κ1) is 31.6. The first-order chi connectivity index (χ1) is 27.0. The number of hydrogen-bond donors (Lipinski definition) is 0. The van der Waals surface area contributed by atoms with Gasteiger partial charge in [0.05, 0.1) is 5.69 Å². The zero-order valence-electron chi connectivity index (χ0n) is 30.8. The minimum Gasteiger partial charge on any atom is -0.456 e. The van der Waals surface area contributed by atoms with Gasteiger partial charge in [0.2, 0.25) is 0 Å². The lowest BCUT2D eigenvalue weighted by Gasteiger charge is -2.29. The first-order valence-corrected chi connectivity index (χ1v) is 19.1. The normalized spacial score (nSPS) is 13.1. The lowest BCUT2D eigenvalue weighted by Crippen LogP contribution is -2.16. The molecule has 1 aliphatic carbocycles. The van der Waals surface area contributed by atoms with Gasteiger partial charge in [0.1, 0.15) is 11.2 Å². The number of furan rings is 1. The van der Waals surface area contributed by atoms with Gasteiger partial charge in [-0.25, -0.2) is 0 Å². The zero-order valence-corrected chi connectivity index (χ0v) is 30.8. The van der Waals surface area contributed by atoms with Crippen molar-refractivity contribution in [1.82, 2.24) is 0 Å². The van der Waals surface area contributed by atoms with Gasteiger partial charge < -0.3 is 9.32 Å². The molecule has 2 heteroatoms. The highest BCUT2D eigenvalue weighted by Gasteiger charge is 2.37. The van der Waals surface area contributed by atoms with E-state index >= 15 is 0 Å². The molecular weight excluding hydrogens is 667 g/mol. The van der Waals surface area contributed by atoms with E-state index in [4.69, 9.17) is 4.42 Å². The molecule has 0 radical (unpaired) electrons. The number of para-hydroxylation sites is 1. The molecule has 10 aromatic rings. The van der Waals surface area contributed by atoms with Crippen molar-refractivity contribution in [2.45, 2.75) is 19.3 Å². The third kappa shape index (κ3) is 4.95. The molecule has 0 saturated heterocycles. The Balaban J connectivity index is 1.07. The van der Waals surface area contributed by atoms with Crippen LogP contribution in [-0.4, -0.2) is 0 Å². The largest absolute Gasteiger partial charge is 0.456 e. The molecule has 1 heterocycles. The van der Waals surface area contributed by atoms with Crippen LogP contribution in [0.5, 0.6) is 0 Å². The van der Waals surface area contributed by atoms with Crippen molar-refractivity contribution in [2.75, 3.05) is 4.90 Å². The fourth-order valence-electron chi connectivity index (χ4n) is 9.07. The zero-order chi connectivity index (χ0) is 36.7. The third-order valence-electron chi connectivity index (χ3n) is 11.8. The van der Waals surface area contributed by atoms with E-state index in [1.165, 1.54) is 77.1 Å². The predicted molar refractivity (Wildman–Crippen MR) is 232 cm³/mol. The molecule has 9 aromatic carbocycles. The van der Waals surface area contributed by atoms with Crippen LogP contribution in [0.4, 0.5) is 17.1 Å². The van der Waals surface area contributed by atoms with Crippen molar-refractivity contribution in [1.29, 1.82) is 0 Å². The Morgan fingerprint density at radius 3 is 1.98 bits per heavy atom. The molecule has 0 aliphatic heterocycles. The molecule has 0 fully saturated rings. The van der Waals surface area contributed by atoms with Gasteiger partial charge in [-0.3, -0.25) is 0 Å². The molecule has 11 rings (SSSR count). The summed E-state index contributed by atoms with van der Waals surface area (Å²) in [6.07, 6.45) is 0. The van der Waals surface area contributed by atoms with Gasteiger partial charge in [0, 0.05) is 33.1 Å². The van der Waals surface area contributed by atoms with E-state index in [2.05, 4.69) is 201 Å². The first-order valence-electron chi connectivity index (χ1n) is 19.1. The fourth-order valence-corrected chi connectivity index (χ4v) is 9.07. The molecule has 1 aliphatic rings. The third-order valence-corrected chi connectivity index (χ3v) is 11.8. The highest BCUT2D eigenvalue weighted by Crippen LogP contribution is 2.54. The van der Waals surface area contributed by atoms with Gasteiger partial charge >= 0.3 is 0 Å². The van der Waals surface area contributed by atoms with Crippen LogP contribution < -0.4 is 4.90 Å². The molecule has 0 unspecified atom stereocenters. The topological polar surface area (TPSA) is 16.4 Å². The summed E-state index contributed by atoms with van der Waals surface area (Å²) in [4.78, 5) is 2.45. The van der Waals surface area contributed by atoms with Crippen LogP contribution in [-0.2, 0) is 5.41 Å². The molecule has 0 bridgehead atoms. The van der Waals surface area contributed by atoms with Crippen LogP contribution in [0.2, 0.25) is 0 Å². The van der Waals surface area contributed by atoms with E-state index in [1.54, 1.807) is 0 Å². The summed E-state index contributed by atoms with van der Waals surface area (Å²) in [5, 5.41) is 7.23. The maximum Gasteiger partial charge on any atom is 0.136 e. The average Bonchev–Trinajstić information content (AvgIpc) is 3.74. The SMILES string of the molecule is CC1(C)c2ccccc2-c2c(N(c3ccc(-c4ccc5ccc6oc7ccccc7c6c5c4)cc3)c3cccc(-c4ccc5ccccc5c4)c3)cccc21. The Morgan fingerprint density at radius 2 is 1.09 bits per heavy atom. The second-order valence-electron chi connectivity index (χ2n) is 15.3. The summed E-state index contributed by atoms with van der Waals surface area (Å²) in [6.45, 7) is 4.70. The van der Waals surface area contributed by atoms with Gasteiger partial charge in [-0.2, -0.15) is 0 Å². The average molecular weight is 704 g/mol. The number of rotatable bonds is 5. The van der Waals surface area contributed by atoms with Crippen LogP contribution in [0.1, 0.15) is 25.0 Å². The Kier molecular flexibility index (Phi) is 6.93. The molecule has 0 spiro atoms. The van der Waals surface area contributed by atoms with Crippen molar-refractivity contribution in [3.05, 3.63) is 199 Å².